The van der Waals surface area contributed by atoms with E-state index in [-0.39, 0.29) is 0 Å². The van der Waals surface area contributed by atoms with Crippen molar-refractivity contribution in [3.63, 3.8) is 0 Å². The highest BCUT2D eigenvalue weighted by Crippen LogP contribution is 2.35. The van der Waals surface area contributed by atoms with Gasteiger partial charge in [0.05, 0.1) is 16.4 Å². The van der Waals surface area contributed by atoms with Crippen molar-refractivity contribution in [1.82, 2.24) is 0 Å². The molecule has 0 radical (unpaired) electrons. The Bertz CT molecular complexity index is 331. The van der Waals surface area contributed by atoms with E-state index in [1.54, 1.807) is 0 Å². The summed E-state index contributed by atoms with van der Waals surface area (Å²) in [7, 11) is 0. The molecular weight excluding hydrogens is 208 g/mol. The molecule has 1 aliphatic rings. The number of nitrogens with zero attached hydrogens (tertiary/aromatic N) is 1. The Morgan fingerprint density at radius 2 is 2.20 bits per heavy atom. The fourth-order valence-electron chi connectivity index (χ4n) is 2.27. The fraction of sp³-hybridized carbons (Fsp3) is 0.500. The molecule has 1 saturated heterocycles. The molecule has 1 atom stereocenters. The Balaban J connectivity index is 2.35. The number of hydrogen-bond acceptors (Lipinski definition) is 2. The lowest BCUT2D eigenvalue weighted by molar-refractivity contribution is 0.485. The van der Waals surface area contributed by atoms with Crippen molar-refractivity contribution in [1.29, 1.82) is 0 Å². The van der Waals surface area contributed by atoms with Crippen LogP contribution in [0, 0.1) is 0 Å². The summed E-state index contributed by atoms with van der Waals surface area (Å²) in [6.07, 6.45) is 3.77. The first-order chi connectivity index (χ1) is 7.20. The van der Waals surface area contributed by atoms with Gasteiger partial charge < -0.3 is 10.6 Å². The summed E-state index contributed by atoms with van der Waals surface area (Å²) in [5, 5.41) is 0.767. The molecule has 82 valence electrons. The predicted molar refractivity (Wildman–Crippen MR) is 66.5 cm³/mol. The Hall–Kier alpha value is -0.890. The van der Waals surface area contributed by atoms with Crippen LogP contribution >= 0.6 is 11.6 Å². The second kappa shape index (κ2) is 4.31. The van der Waals surface area contributed by atoms with Gasteiger partial charge in [-0.05, 0) is 38.3 Å². The molecular formula is C12H17ClN2. The first kappa shape index (κ1) is 10.6. The SMILES string of the molecule is C[C@@H]1CCCCN1c1c(N)cccc1Cl. The van der Waals surface area contributed by atoms with Crippen molar-refractivity contribution >= 4 is 23.0 Å². The Morgan fingerprint density at radius 3 is 2.87 bits per heavy atom. The molecule has 1 heterocycles. The molecule has 0 spiro atoms. The van der Waals surface area contributed by atoms with E-state index < -0.39 is 0 Å². The summed E-state index contributed by atoms with van der Waals surface area (Å²) in [5.41, 5.74) is 7.80. The van der Waals surface area contributed by atoms with Crippen molar-refractivity contribution in [2.45, 2.75) is 32.2 Å². The van der Waals surface area contributed by atoms with Crippen LogP contribution in [0.2, 0.25) is 5.02 Å². The van der Waals surface area contributed by atoms with E-state index in [4.69, 9.17) is 17.3 Å². The molecule has 0 amide bonds. The standard InChI is InChI=1S/C12H17ClN2/c1-9-5-2-3-8-15(9)12-10(13)6-4-7-11(12)14/h4,6-7,9H,2-3,5,8,14H2,1H3/t9-/m1/s1. The maximum absolute atomic E-state index is 6.21. The zero-order chi connectivity index (χ0) is 10.8. The normalized spacial score (nSPS) is 21.7. The molecule has 3 heteroatoms. The Kier molecular flexibility index (Phi) is 3.06. The average Bonchev–Trinajstić information content (AvgIpc) is 2.20. The van der Waals surface area contributed by atoms with Crippen molar-refractivity contribution in [3.05, 3.63) is 23.2 Å². The second-order valence-electron chi connectivity index (χ2n) is 4.22. The van der Waals surface area contributed by atoms with Gasteiger partial charge in [0.25, 0.3) is 0 Å². The first-order valence-electron chi connectivity index (χ1n) is 5.51. The molecule has 1 aromatic rings. The lowest BCUT2D eigenvalue weighted by Gasteiger charge is -2.36. The highest BCUT2D eigenvalue weighted by Gasteiger charge is 2.21. The molecule has 1 aromatic carbocycles. The topological polar surface area (TPSA) is 29.3 Å². The second-order valence-corrected chi connectivity index (χ2v) is 4.62. The number of anilines is 2. The van der Waals surface area contributed by atoms with E-state index in [0.29, 0.717) is 6.04 Å². The Labute approximate surface area is 96.0 Å². The van der Waals surface area contributed by atoms with E-state index in [1.165, 1.54) is 19.3 Å². The first-order valence-corrected chi connectivity index (χ1v) is 5.88. The summed E-state index contributed by atoms with van der Waals surface area (Å²) in [6, 6.07) is 6.27. The quantitative estimate of drug-likeness (QED) is 0.742. The van der Waals surface area contributed by atoms with Crippen LogP contribution in [0.25, 0.3) is 0 Å². The summed E-state index contributed by atoms with van der Waals surface area (Å²) in [6.45, 7) is 3.30. The molecule has 0 bridgehead atoms. The molecule has 0 unspecified atom stereocenters. The zero-order valence-corrected chi connectivity index (χ0v) is 9.80. The van der Waals surface area contributed by atoms with Gasteiger partial charge in [-0.15, -0.1) is 0 Å². The van der Waals surface area contributed by atoms with Gasteiger partial charge in [-0.2, -0.15) is 0 Å². The van der Waals surface area contributed by atoms with E-state index in [2.05, 4.69) is 11.8 Å². The maximum atomic E-state index is 6.21. The van der Waals surface area contributed by atoms with E-state index in [9.17, 15) is 0 Å². The number of piperidine rings is 1. The van der Waals surface area contributed by atoms with Gasteiger partial charge in [0.1, 0.15) is 0 Å². The van der Waals surface area contributed by atoms with Crippen LogP contribution in [-0.2, 0) is 0 Å². The summed E-state index contributed by atoms with van der Waals surface area (Å²) < 4.78 is 0. The van der Waals surface area contributed by atoms with Crippen LogP contribution in [0.4, 0.5) is 11.4 Å². The van der Waals surface area contributed by atoms with Crippen LogP contribution in [0.15, 0.2) is 18.2 Å². The van der Waals surface area contributed by atoms with Crippen LogP contribution in [-0.4, -0.2) is 12.6 Å². The maximum Gasteiger partial charge on any atom is 0.0791 e. The molecule has 2 N–H and O–H groups in total. The minimum atomic E-state index is 0.543. The molecule has 0 aromatic heterocycles. The summed E-state index contributed by atoms with van der Waals surface area (Å²) >= 11 is 6.21. The molecule has 1 aliphatic heterocycles. The van der Waals surface area contributed by atoms with E-state index in [1.807, 2.05) is 18.2 Å². The van der Waals surface area contributed by atoms with Crippen molar-refractivity contribution in [2.24, 2.45) is 0 Å². The smallest absolute Gasteiger partial charge is 0.0791 e. The third-order valence-electron chi connectivity index (χ3n) is 3.11. The molecule has 15 heavy (non-hydrogen) atoms. The van der Waals surface area contributed by atoms with Crippen LogP contribution in [0.5, 0.6) is 0 Å². The van der Waals surface area contributed by atoms with Gasteiger partial charge in [0.15, 0.2) is 0 Å². The third-order valence-corrected chi connectivity index (χ3v) is 3.41. The number of nitrogen functional groups attached to an aromatic ring is 1. The summed E-state index contributed by atoms with van der Waals surface area (Å²) in [4.78, 5) is 2.33. The van der Waals surface area contributed by atoms with Crippen LogP contribution < -0.4 is 10.6 Å². The van der Waals surface area contributed by atoms with Gasteiger partial charge in [-0.1, -0.05) is 17.7 Å². The van der Waals surface area contributed by atoms with E-state index in [0.717, 1.165) is 22.9 Å². The highest BCUT2D eigenvalue weighted by molar-refractivity contribution is 6.34. The van der Waals surface area contributed by atoms with Crippen LogP contribution in [0.1, 0.15) is 26.2 Å². The average molecular weight is 225 g/mol. The molecule has 2 nitrogen and oxygen atoms in total. The lowest BCUT2D eigenvalue weighted by atomic mass is 10.0. The number of nitrogens with two attached hydrogens (primary N) is 1. The molecule has 0 saturated carbocycles. The number of hydrogen-bond donors (Lipinski definition) is 1. The predicted octanol–water partition coefficient (Wildman–Crippen LogP) is 3.30. The minimum absolute atomic E-state index is 0.543. The van der Waals surface area contributed by atoms with Crippen molar-refractivity contribution < 1.29 is 0 Å². The number of halogens is 1. The van der Waals surface area contributed by atoms with Gasteiger partial charge in [0, 0.05) is 12.6 Å². The lowest BCUT2D eigenvalue weighted by Crippen LogP contribution is -2.38. The van der Waals surface area contributed by atoms with Gasteiger partial charge in [-0.3, -0.25) is 0 Å². The Morgan fingerprint density at radius 1 is 1.40 bits per heavy atom. The number of benzene rings is 1. The molecule has 2 rings (SSSR count). The number of rotatable bonds is 1. The molecule has 0 aliphatic carbocycles. The largest absolute Gasteiger partial charge is 0.397 e. The summed E-state index contributed by atoms with van der Waals surface area (Å²) in [5.74, 6) is 0. The highest BCUT2D eigenvalue weighted by atomic mass is 35.5. The van der Waals surface area contributed by atoms with Crippen molar-refractivity contribution in [2.75, 3.05) is 17.2 Å². The molecule has 1 fully saturated rings. The van der Waals surface area contributed by atoms with Gasteiger partial charge in [0.2, 0.25) is 0 Å². The van der Waals surface area contributed by atoms with Crippen LogP contribution in [0.3, 0.4) is 0 Å². The number of para-hydroxylation sites is 1. The fourth-order valence-corrected chi connectivity index (χ4v) is 2.56. The zero-order valence-electron chi connectivity index (χ0n) is 9.04. The monoisotopic (exact) mass is 224 g/mol. The third kappa shape index (κ3) is 2.05. The minimum Gasteiger partial charge on any atom is -0.397 e. The van der Waals surface area contributed by atoms with E-state index >= 15 is 0 Å². The van der Waals surface area contributed by atoms with Crippen molar-refractivity contribution in [3.8, 4) is 0 Å². The van der Waals surface area contributed by atoms with Gasteiger partial charge >= 0.3 is 0 Å². The van der Waals surface area contributed by atoms with Gasteiger partial charge in [-0.25, -0.2) is 0 Å².